The second-order valence-corrected chi connectivity index (χ2v) is 5.28. The van der Waals surface area contributed by atoms with Crippen molar-refractivity contribution < 1.29 is 0 Å². The van der Waals surface area contributed by atoms with Gasteiger partial charge in [-0.15, -0.1) is 0 Å². The minimum atomic E-state index is 0.597. The van der Waals surface area contributed by atoms with E-state index in [1.54, 1.807) is 0 Å². The molecule has 0 radical (unpaired) electrons. The number of hydrogen-bond acceptors (Lipinski definition) is 1. The van der Waals surface area contributed by atoms with Gasteiger partial charge in [-0.1, -0.05) is 42.6 Å². The predicted octanol–water partition coefficient (Wildman–Crippen LogP) is 4.25. The summed E-state index contributed by atoms with van der Waals surface area (Å²) in [4.78, 5) is 0. The molecule has 0 fully saturated rings. The van der Waals surface area contributed by atoms with Gasteiger partial charge in [0.25, 0.3) is 0 Å². The fourth-order valence-corrected chi connectivity index (χ4v) is 2.71. The molecule has 98 valence electrons. The number of nitrogens with two attached hydrogens (primary N) is 1. The fourth-order valence-electron chi connectivity index (χ4n) is 2.28. The summed E-state index contributed by atoms with van der Waals surface area (Å²) in [5.41, 5.74) is 8.00. The monoisotopic (exact) mass is 284 g/mol. The Morgan fingerprint density at radius 1 is 1.28 bits per heavy atom. The third-order valence-electron chi connectivity index (χ3n) is 3.18. The molecule has 0 spiro atoms. The van der Waals surface area contributed by atoms with E-state index in [1.807, 2.05) is 6.07 Å². The van der Waals surface area contributed by atoms with E-state index >= 15 is 0 Å². The average molecular weight is 285 g/mol. The van der Waals surface area contributed by atoms with Gasteiger partial charge in [0, 0.05) is 24.7 Å². The Bertz CT molecular complexity index is 546. The lowest BCUT2D eigenvalue weighted by Crippen LogP contribution is -2.08. The van der Waals surface area contributed by atoms with Gasteiger partial charge in [0.05, 0.1) is 15.6 Å². The highest BCUT2D eigenvalue weighted by Crippen LogP contribution is 2.34. The minimum Gasteiger partial charge on any atom is -0.345 e. The lowest BCUT2D eigenvalue weighted by Gasteiger charge is -2.05. The molecule has 0 aliphatic rings. The molecular formula is C14H18Cl2N2. The van der Waals surface area contributed by atoms with Crippen LogP contribution in [0.15, 0.2) is 18.3 Å². The van der Waals surface area contributed by atoms with Gasteiger partial charge in [0.1, 0.15) is 0 Å². The van der Waals surface area contributed by atoms with Crippen LogP contribution < -0.4 is 5.73 Å². The van der Waals surface area contributed by atoms with E-state index in [0.717, 1.165) is 18.5 Å². The number of halogens is 2. The molecule has 0 amide bonds. The molecule has 0 unspecified atom stereocenters. The Balaban J connectivity index is 2.56. The van der Waals surface area contributed by atoms with Crippen molar-refractivity contribution in [3.63, 3.8) is 0 Å². The first kappa shape index (κ1) is 13.7. The highest BCUT2D eigenvalue weighted by Gasteiger charge is 2.13. The first-order valence-electron chi connectivity index (χ1n) is 6.34. The number of unbranched alkanes of at least 4 members (excludes halogenated alkanes) is 1. The molecule has 2 aromatic rings. The van der Waals surface area contributed by atoms with Gasteiger partial charge < -0.3 is 10.3 Å². The van der Waals surface area contributed by atoms with Gasteiger partial charge in [0.2, 0.25) is 0 Å². The number of aryl methyl sites for hydroxylation is 1. The van der Waals surface area contributed by atoms with E-state index in [4.69, 9.17) is 28.9 Å². The Morgan fingerprint density at radius 2 is 2.06 bits per heavy atom. The second kappa shape index (κ2) is 5.96. The Hall–Kier alpha value is -0.700. The molecule has 0 saturated carbocycles. The number of benzene rings is 1. The summed E-state index contributed by atoms with van der Waals surface area (Å²) in [6.45, 7) is 3.56. The van der Waals surface area contributed by atoms with Crippen molar-refractivity contribution in [1.82, 2.24) is 4.57 Å². The van der Waals surface area contributed by atoms with Crippen molar-refractivity contribution in [1.29, 1.82) is 0 Å². The summed E-state index contributed by atoms with van der Waals surface area (Å²) >= 11 is 12.4. The molecule has 2 nitrogen and oxygen atoms in total. The molecule has 1 heterocycles. The zero-order valence-electron chi connectivity index (χ0n) is 10.5. The topological polar surface area (TPSA) is 30.9 Å². The van der Waals surface area contributed by atoms with Crippen LogP contribution in [-0.2, 0) is 13.0 Å². The van der Waals surface area contributed by atoms with E-state index in [9.17, 15) is 0 Å². The molecule has 18 heavy (non-hydrogen) atoms. The number of fused-ring (bicyclic) bond motifs is 1. The van der Waals surface area contributed by atoms with Crippen molar-refractivity contribution in [2.45, 2.75) is 32.7 Å². The van der Waals surface area contributed by atoms with E-state index in [2.05, 4.69) is 23.8 Å². The van der Waals surface area contributed by atoms with Crippen LogP contribution in [0, 0.1) is 0 Å². The van der Waals surface area contributed by atoms with E-state index in [1.165, 1.54) is 23.8 Å². The van der Waals surface area contributed by atoms with Crippen LogP contribution in [0.4, 0.5) is 0 Å². The van der Waals surface area contributed by atoms with Crippen molar-refractivity contribution in [2.75, 3.05) is 6.54 Å². The SMILES string of the molecule is CCCCc1cn(CCN)c2c(Cl)c(Cl)ccc12. The summed E-state index contributed by atoms with van der Waals surface area (Å²) in [6, 6.07) is 3.93. The third-order valence-corrected chi connectivity index (χ3v) is 3.98. The average Bonchev–Trinajstić information content (AvgIpc) is 2.70. The maximum atomic E-state index is 6.32. The zero-order chi connectivity index (χ0) is 13.1. The maximum Gasteiger partial charge on any atom is 0.0835 e. The quantitative estimate of drug-likeness (QED) is 0.874. The highest BCUT2D eigenvalue weighted by molar-refractivity contribution is 6.45. The van der Waals surface area contributed by atoms with Crippen LogP contribution in [0.25, 0.3) is 10.9 Å². The predicted molar refractivity (Wildman–Crippen MR) is 79.6 cm³/mol. The lowest BCUT2D eigenvalue weighted by molar-refractivity contribution is 0.727. The number of hydrogen-bond donors (Lipinski definition) is 1. The maximum absolute atomic E-state index is 6.32. The Morgan fingerprint density at radius 3 is 2.72 bits per heavy atom. The molecule has 2 rings (SSSR count). The van der Waals surface area contributed by atoms with Crippen molar-refractivity contribution in [2.24, 2.45) is 5.73 Å². The molecular weight excluding hydrogens is 267 g/mol. The molecule has 0 bridgehead atoms. The summed E-state index contributed by atoms with van der Waals surface area (Å²) in [6.07, 6.45) is 5.60. The van der Waals surface area contributed by atoms with Gasteiger partial charge in [0.15, 0.2) is 0 Å². The second-order valence-electron chi connectivity index (χ2n) is 4.50. The normalized spacial score (nSPS) is 11.3. The molecule has 0 aliphatic heterocycles. The number of rotatable bonds is 5. The van der Waals surface area contributed by atoms with Crippen LogP contribution in [0.2, 0.25) is 10.0 Å². The van der Waals surface area contributed by atoms with Crippen LogP contribution in [0.3, 0.4) is 0 Å². The van der Waals surface area contributed by atoms with Crippen molar-refractivity contribution in [3.05, 3.63) is 33.9 Å². The summed E-state index contributed by atoms with van der Waals surface area (Å²) in [7, 11) is 0. The van der Waals surface area contributed by atoms with Crippen LogP contribution in [-0.4, -0.2) is 11.1 Å². The summed E-state index contributed by atoms with van der Waals surface area (Å²) in [5.74, 6) is 0. The minimum absolute atomic E-state index is 0.597. The van der Waals surface area contributed by atoms with Crippen LogP contribution in [0.5, 0.6) is 0 Å². The van der Waals surface area contributed by atoms with E-state index < -0.39 is 0 Å². The summed E-state index contributed by atoms with van der Waals surface area (Å²) < 4.78 is 2.12. The van der Waals surface area contributed by atoms with E-state index in [0.29, 0.717) is 16.6 Å². The van der Waals surface area contributed by atoms with Crippen LogP contribution in [0.1, 0.15) is 25.3 Å². The van der Waals surface area contributed by atoms with Gasteiger partial charge >= 0.3 is 0 Å². The molecule has 1 aromatic heterocycles. The van der Waals surface area contributed by atoms with Crippen molar-refractivity contribution in [3.8, 4) is 0 Å². The zero-order valence-corrected chi connectivity index (χ0v) is 12.1. The van der Waals surface area contributed by atoms with Crippen LogP contribution >= 0.6 is 23.2 Å². The molecule has 0 saturated heterocycles. The van der Waals surface area contributed by atoms with Gasteiger partial charge in [-0.3, -0.25) is 0 Å². The molecule has 2 N–H and O–H groups in total. The van der Waals surface area contributed by atoms with Gasteiger partial charge in [-0.2, -0.15) is 0 Å². The standard InChI is InChI=1S/C14H18Cl2N2/c1-2-3-4-10-9-18(8-7-17)14-11(10)5-6-12(15)13(14)16/h5-6,9H,2-4,7-8,17H2,1H3. The molecule has 0 atom stereocenters. The number of aromatic nitrogens is 1. The molecule has 0 aliphatic carbocycles. The third kappa shape index (κ3) is 2.51. The highest BCUT2D eigenvalue weighted by atomic mass is 35.5. The largest absolute Gasteiger partial charge is 0.345 e. The smallest absolute Gasteiger partial charge is 0.0835 e. The fraction of sp³-hybridized carbons (Fsp3) is 0.429. The Labute approximate surface area is 118 Å². The van der Waals surface area contributed by atoms with Crippen molar-refractivity contribution >= 4 is 34.1 Å². The Kier molecular flexibility index (Phi) is 4.55. The molecule has 4 heteroatoms. The van der Waals surface area contributed by atoms with Gasteiger partial charge in [-0.25, -0.2) is 0 Å². The number of nitrogens with zero attached hydrogens (tertiary/aromatic N) is 1. The first-order valence-corrected chi connectivity index (χ1v) is 7.10. The lowest BCUT2D eigenvalue weighted by atomic mass is 10.1. The molecule has 1 aromatic carbocycles. The first-order chi connectivity index (χ1) is 8.69. The summed E-state index contributed by atoms with van der Waals surface area (Å²) in [5, 5.41) is 2.43. The van der Waals surface area contributed by atoms with E-state index in [-0.39, 0.29) is 0 Å². The van der Waals surface area contributed by atoms with Gasteiger partial charge in [-0.05, 0) is 24.5 Å².